The Hall–Kier alpha value is -3.10. The molecule has 8 heteroatoms. The number of aromatic nitrogens is 1. The molecule has 154 valence electrons. The monoisotopic (exact) mass is 394 g/mol. The van der Waals surface area contributed by atoms with Gasteiger partial charge in [-0.15, -0.1) is 0 Å². The predicted molar refractivity (Wildman–Crippen MR) is 120 cm³/mol. The minimum atomic E-state index is 0.326. The van der Waals surface area contributed by atoms with E-state index in [1.165, 1.54) is 23.8 Å². The molecule has 0 saturated carbocycles. The lowest BCUT2D eigenvalue weighted by Crippen LogP contribution is -2.16. The topological polar surface area (TPSA) is 151 Å². The largest absolute Gasteiger partial charge is 0.395 e. The molecule has 1 fully saturated rings. The van der Waals surface area contributed by atoms with Gasteiger partial charge in [-0.05, 0) is 47.6 Å². The third kappa shape index (κ3) is 5.24. The van der Waals surface area contributed by atoms with Gasteiger partial charge in [0.15, 0.2) is 5.82 Å². The Balaban J connectivity index is 1.65. The minimum absolute atomic E-state index is 0.326. The van der Waals surface area contributed by atoms with Crippen LogP contribution < -0.4 is 33.4 Å². The summed E-state index contributed by atoms with van der Waals surface area (Å²) < 4.78 is 0. The van der Waals surface area contributed by atoms with Gasteiger partial charge in [-0.2, -0.15) is 0 Å². The van der Waals surface area contributed by atoms with Crippen molar-refractivity contribution in [3.8, 4) is 0 Å². The fourth-order valence-corrected chi connectivity index (χ4v) is 3.70. The molecule has 1 aliphatic rings. The number of rotatable bonds is 8. The van der Waals surface area contributed by atoms with Crippen molar-refractivity contribution in [1.82, 2.24) is 15.6 Å². The highest BCUT2D eigenvalue weighted by atomic mass is 15.3. The highest BCUT2D eigenvalue weighted by Crippen LogP contribution is 2.26. The Labute approximate surface area is 171 Å². The number of hydrazine groups is 1. The SMILES string of the molecule is CC1CC(c2cccc(CN/C=C(\C=N)Cc3cc(N)nc(NN)c3N)c2)CN1. The van der Waals surface area contributed by atoms with Gasteiger partial charge in [0.2, 0.25) is 0 Å². The first-order valence-corrected chi connectivity index (χ1v) is 9.76. The molecule has 8 nitrogen and oxygen atoms in total. The van der Waals surface area contributed by atoms with Crippen molar-refractivity contribution < 1.29 is 0 Å². The van der Waals surface area contributed by atoms with E-state index in [1.807, 2.05) is 6.20 Å². The van der Waals surface area contributed by atoms with Crippen LogP contribution in [0, 0.1) is 5.41 Å². The molecule has 10 N–H and O–H groups in total. The quantitative estimate of drug-likeness (QED) is 0.205. The van der Waals surface area contributed by atoms with Crippen LogP contribution in [0.1, 0.15) is 36.0 Å². The van der Waals surface area contributed by atoms with Gasteiger partial charge in [0.05, 0.1) is 5.69 Å². The van der Waals surface area contributed by atoms with Crippen LogP contribution in [0.5, 0.6) is 0 Å². The van der Waals surface area contributed by atoms with Crippen LogP contribution >= 0.6 is 0 Å². The second kappa shape index (κ2) is 9.40. The van der Waals surface area contributed by atoms with Crippen molar-refractivity contribution in [3.63, 3.8) is 0 Å². The van der Waals surface area contributed by atoms with Crippen molar-refractivity contribution in [1.29, 1.82) is 5.41 Å². The highest BCUT2D eigenvalue weighted by molar-refractivity contribution is 5.78. The molecule has 0 amide bonds. The van der Waals surface area contributed by atoms with Gasteiger partial charge >= 0.3 is 0 Å². The number of hydrogen-bond acceptors (Lipinski definition) is 8. The number of anilines is 3. The summed E-state index contributed by atoms with van der Waals surface area (Å²) in [4.78, 5) is 4.05. The van der Waals surface area contributed by atoms with Crippen LogP contribution in [-0.2, 0) is 13.0 Å². The number of benzene rings is 1. The van der Waals surface area contributed by atoms with Crippen LogP contribution in [-0.4, -0.2) is 23.8 Å². The van der Waals surface area contributed by atoms with Crippen LogP contribution in [0.15, 0.2) is 42.1 Å². The van der Waals surface area contributed by atoms with E-state index < -0.39 is 0 Å². The van der Waals surface area contributed by atoms with E-state index in [9.17, 15) is 0 Å². The number of pyridine rings is 1. The van der Waals surface area contributed by atoms with Gasteiger partial charge in [-0.1, -0.05) is 24.3 Å². The van der Waals surface area contributed by atoms with E-state index in [0.717, 1.165) is 17.7 Å². The molecular weight excluding hydrogens is 364 g/mol. The fourth-order valence-electron chi connectivity index (χ4n) is 3.70. The maximum absolute atomic E-state index is 7.71. The third-order valence-electron chi connectivity index (χ3n) is 5.25. The molecule has 0 aliphatic carbocycles. The molecule has 2 aromatic rings. The summed E-state index contributed by atoms with van der Waals surface area (Å²) in [5.74, 6) is 6.67. The van der Waals surface area contributed by atoms with Crippen molar-refractivity contribution in [2.45, 2.75) is 38.3 Å². The lowest BCUT2D eigenvalue weighted by molar-refractivity contribution is 0.658. The first-order chi connectivity index (χ1) is 14.0. The second-order valence-corrected chi connectivity index (χ2v) is 7.52. The van der Waals surface area contributed by atoms with Crippen molar-refractivity contribution in [2.24, 2.45) is 5.84 Å². The zero-order valence-electron chi connectivity index (χ0n) is 16.7. The third-order valence-corrected chi connectivity index (χ3v) is 5.25. The Kier molecular flexibility index (Phi) is 6.69. The molecule has 3 rings (SSSR count). The fraction of sp³-hybridized carbons (Fsp3) is 0.333. The van der Waals surface area contributed by atoms with E-state index >= 15 is 0 Å². The lowest BCUT2D eigenvalue weighted by atomic mass is 9.95. The molecule has 0 bridgehead atoms. The van der Waals surface area contributed by atoms with Gasteiger partial charge in [0.25, 0.3) is 0 Å². The smallest absolute Gasteiger partial charge is 0.165 e. The van der Waals surface area contributed by atoms with Crippen LogP contribution in [0.4, 0.5) is 17.3 Å². The molecule has 2 atom stereocenters. The summed E-state index contributed by atoms with van der Waals surface area (Å²) >= 11 is 0. The highest BCUT2D eigenvalue weighted by Gasteiger charge is 2.21. The van der Waals surface area contributed by atoms with Crippen molar-refractivity contribution in [3.05, 3.63) is 58.8 Å². The molecule has 1 aromatic heterocycles. The standard InChI is InChI=1S/C21H30N8/c1-13-5-18(12-27-13)16-4-2-3-14(6-16)10-26-11-15(9-22)7-17-8-19(23)28-21(29-25)20(17)24/h2-4,6,8-9,11,13,18,22,26-27H,5,7,10,12,24-25H2,1H3,(H3,23,28,29)/b15-11-,22-9?. The average Bonchev–Trinajstić information content (AvgIpc) is 3.16. The second-order valence-electron chi connectivity index (χ2n) is 7.52. The summed E-state index contributed by atoms with van der Waals surface area (Å²) in [5.41, 5.74) is 18.9. The van der Waals surface area contributed by atoms with Crippen LogP contribution in [0.2, 0.25) is 0 Å². The molecule has 1 aliphatic heterocycles. The maximum Gasteiger partial charge on any atom is 0.165 e. The zero-order chi connectivity index (χ0) is 20.8. The van der Waals surface area contributed by atoms with Crippen LogP contribution in [0.25, 0.3) is 0 Å². The normalized spacial score (nSPS) is 19.2. The van der Waals surface area contributed by atoms with E-state index in [1.54, 1.807) is 6.07 Å². The van der Waals surface area contributed by atoms with Gasteiger partial charge in [-0.3, -0.25) is 0 Å². The Morgan fingerprint density at radius 1 is 1.34 bits per heavy atom. The molecule has 2 heterocycles. The first-order valence-electron chi connectivity index (χ1n) is 9.76. The number of nitrogens with zero attached hydrogens (tertiary/aromatic N) is 1. The summed E-state index contributed by atoms with van der Waals surface area (Å²) in [6.07, 6.45) is 4.77. The minimum Gasteiger partial charge on any atom is -0.395 e. The van der Waals surface area contributed by atoms with E-state index in [0.29, 0.717) is 42.2 Å². The van der Waals surface area contributed by atoms with E-state index in [4.69, 9.17) is 22.7 Å². The molecule has 0 spiro atoms. The molecule has 2 unspecified atom stereocenters. The Morgan fingerprint density at radius 2 is 2.17 bits per heavy atom. The number of nitrogen functional groups attached to an aromatic ring is 3. The maximum atomic E-state index is 7.71. The first kappa shape index (κ1) is 20.6. The summed E-state index contributed by atoms with van der Waals surface area (Å²) in [6.45, 7) is 3.95. The Bertz CT molecular complexity index is 892. The number of nitrogens with two attached hydrogens (primary N) is 3. The average molecular weight is 395 g/mol. The molecule has 0 radical (unpaired) electrons. The van der Waals surface area contributed by atoms with Crippen molar-refractivity contribution >= 4 is 23.5 Å². The molecule has 1 aromatic carbocycles. The summed E-state index contributed by atoms with van der Waals surface area (Å²) in [5, 5.41) is 14.5. The zero-order valence-corrected chi connectivity index (χ0v) is 16.7. The van der Waals surface area contributed by atoms with Crippen molar-refractivity contribution in [2.75, 3.05) is 23.4 Å². The van der Waals surface area contributed by atoms with Gasteiger partial charge in [-0.25, -0.2) is 10.8 Å². The van der Waals surface area contributed by atoms with E-state index in [2.05, 4.69) is 52.2 Å². The number of nitrogens with one attached hydrogen (secondary N) is 4. The molecular formula is C21H30N8. The van der Waals surface area contributed by atoms with Gasteiger partial charge in [0.1, 0.15) is 5.82 Å². The molecule has 29 heavy (non-hydrogen) atoms. The number of hydrogen-bond donors (Lipinski definition) is 7. The summed E-state index contributed by atoms with van der Waals surface area (Å²) in [7, 11) is 0. The van der Waals surface area contributed by atoms with E-state index in [-0.39, 0.29) is 0 Å². The Morgan fingerprint density at radius 3 is 2.86 bits per heavy atom. The number of allylic oxidation sites excluding steroid dienone is 1. The van der Waals surface area contributed by atoms with Crippen LogP contribution in [0.3, 0.4) is 0 Å². The predicted octanol–water partition coefficient (Wildman–Crippen LogP) is 1.86. The molecule has 1 saturated heterocycles. The van der Waals surface area contributed by atoms with Gasteiger partial charge < -0.3 is 32.9 Å². The summed E-state index contributed by atoms with van der Waals surface area (Å²) in [6, 6.07) is 11.0. The van der Waals surface area contributed by atoms with Gasteiger partial charge in [0, 0.05) is 38.0 Å². The lowest BCUT2D eigenvalue weighted by Gasteiger charge is -2.12.